The van der Waals surface area contributed by atoms with E-state index in [1.54, 1.807) is 0 Å². The highest BCUT2D eigenvalue weighted by molar-refractivity contribution is 9.10. The Morgan fingerprint density at radius 2 is 2.00 bits per heavy atom. The molecule has 2 amide bonds. The molecule has 0 bridgehead atoms. The fourth-order valence-electron chi connectivity index (χ4n) is 2.61. The predicted octanol–water partition coefficient (Wildman–Crippen LogP) is 3.52. The van der Waals surface area contributed by atoms with Crippen molar-refractivity contribution in [2.45, 2.75) is 38.6 Å². The van der Waals surface area contributed by atoms with Gasteiger partial charge in [-0.3, -0.25) is 4.79 Å². The van der Waals surface area contributed by atoms with Crippen molar-refractivity contribution >= 4 is 33.6 Å². The van der Waals surface area contributed by atoms with Gasteiger partial charge in [0.05, 0.1) is 5.92 Å². The fraction of sp³-hybridized carbons (Fsp3) is 0.467. The van der Waals surface area contributed by atoms with E-state index in [1.807, 2.05) is 25.1 Å². The molecule has 0 radical (unpaired) electrons. The zero-order valence-corrected chi connectivity index (χ0v) is 13.4. The van der Waals surface area contributed by atoms with Gasteiger partial charge in [0.2, 0.25) is 0 Å². The second kappa shape index (κ2) is 6.93. The standard InChI is InChI=1S/C15H19BrN2O3/c1-9-6-7-10(8-12(9)16)17-15(21)18-13-5-3-2-4-11(13)14(19)20/h6-8,11,13H,2-5H2,1H3,(H,19,20)(H2,17,18,21). The summed E-state index contributed by atoms with van der Waals surface area (Å²) in [5.41, 5.74) is 1.76. The first-order chi connectivity index (χ1) is 9.97. The third kappa shape index (κ3) is 4.20. The molecule has 1 aliphatic rings. The molecule has 0 spiro atoms. The van der Waals surface area contributed by atoms with Gasteiger partial charge >= 0.3 is 12.0 Å². The summed E-state index contributed by atoms with van der Waals surface area (Å²) in [7, 11) is 0. The minimum atomic E-state index is -0.835. The highest BCUT2D eigenvalue weighted by atomic mass is 79.9. The van der Waals surface area contributed by atoms with Crippen LogP contribution in [0.5, 0.6) is 0 Å². The largest absolute Gasteiger partial charge is 0.481 e. The van der Waals surface area contributed by atoms with Crippen LogP contribution in [0.15, 0.2) is 22.7 Å². The molecule has 2 rings (SSSR count). The Morgan fingerprint density at radius 3 is 2.67 bits per heavy atom. The smallest absolute Gasteiger partial charge is 0.319 e. The van der Waals surface area contributed by atoms with E-state index in [1.165, 1.54) is 0 Å². The summed E-state index contributed by atoms with van der Waals surface area (Å²) in [6.45, 7) is 1.97. The zero-order chi connectivity index (χ0) is 15.4. The summed E-state index contributed by atoms with van der Waals surface area (Å²) in [4.78, 5) is 23.2. The van der Waals surface area contributed by atoms with Gasteiger partial charge in [-0.25, -0.2) is 4.79 Å². The minimum Gasteiger partial charge on any atom is -0.481 e. The number of hydrogen-bond acceptors (Lipinski definition) is 2. The predicted molar refractivity (Wildman–Crippen MR) is 84.4 cm³/mol. The summed E-state index contributed by atoms with van der Waals surface area (Å²) in [5.74, 6) is -1.33. The quantitative estimate of drug-likeness (QED) is 0.776. The normalized spacial score (nSPS) is 21.6. The number of amides is 2. The number of aryl methyl sites for hydroxylation is 1. The van der Waals surface area contributed by atoms with E-state index in [4.69, 9.17) is 0 Å². The number of carbonyl (C=O) groups is 2. The van der Waals surface area contributed by atoms with Crippen LogP contribution in [0.3, 0.4) is 0 Å². The lowest BCUT2D eigenvalue weighted by molar-refractivity contribution is -0.143. The average molecular weight is 355 g/mol. The third-order valence-electron chi connectivity index (χ3n) is 3.83. The van der Waals surface area contributed by atoms with Crippen molar-refractivity contribution in [2.24, 2.45) is 5.92 Å². The highest BCUT2D eigenvalue weighted by Crippen LogP contribution is 2.25. The molecule has 1 aromatic carbocycles. The number of urea groups is 1. The van der Waals surface area contributed by atoms with Gasteiger partial charge in [-0.05, 0) is 37.5 Å². The van der Waals surface area contributed by atoms with Gasteiger partial charge in [-0.1, -0.05) is 34.8 Å². The van der Waals surface area contributed by atoms with Crippen LogP contribution >= 0.6 is 15.9 Å². The number of anilines is 1. The Labute approximate surface area is 132 Å². The molecule has 3 N–H and O–H groups in total. The molecule has 2 atom stereocenters. The van der Waals surface area contributed by atoms with Crippen LogP contribution in [0.25, 0.3) is 0 Å². The van der Waals surface area contributed by atoms with Gasteiger partial charge in [0.1, 0.15) is 0 Å². The van der Waals surface area contributed by atoms with Crippen LogP contribution in [-0.4, -0.2) is 23.1 Å². The molecule has 114 valence electrons. The van der Waals surface area contributed by atoms with Crippen molar-refractivity contribution in [1.29, 1.82) is 0 Å². The second-order valence-electron chi connectivity index (χ2n) is 5.40. The van der Waals surface area contributed by atoms with Crippen LogP contribution in [0, 0.1) is 12.8 Å². The summed E-state index contributed by atoms with van der Waals surface area (Å²) in [6.07, 6.45) is 3.19. The molecule has 5 nitrogen and oxygen atoms in total. The molecule has 0 aliphatic heterocycles. The zero-order valence-electron chi connectivity index (χ0n) is 11.9. The van der Waals surface area contributed by atoms with Gasteiger partial charge in [-0.2, -0.15) is 0 Å². The number of halogens is 1. The van der Waals surface area contributed by atoms with Gasteiger partial charge in [0.15, 0.2) is 0 Å². The van der Waals surface area contributed by atoms with E-state index in [0.717, 1.165) is 22.9 Å². The van der Waals surface area contributed by atoms with Crippen LogP contribution in [0.1, 0.15) is 31.2 Å². The number of benzene rings is 1. The summed E-state index contributed by atoms with van der Waals surface area (Å²) in [6, 6.07) is 4.88. The number of nitrogens with one attached hydrogen (secondary N) is 2. The Balaban J connectivity index is 1.97. The lowest BCUT2D eigenvalue weighted by Gasteiger charge is -2.29. The van der Waals surface area contributed by atoms with E-state index >= 15 is 0 Å². The number of carboxylic acid groups (broad SMARTS) is 1. The molecule has 21 heavy (non-hydrogen) atoms. The van der Waals surface area contributed by atoms with Gasteiger partial charge < -0.3 is 15.7 Å². The molecule has 6 heteroatoms. The molecule has 0 saturated heterocycles. The maximum atomic E-state index is 12.0. The van der Waals surface area contributed by atoms with Crippen molar-refractivity contribution in [2.75, 3.05) is 5.32 Å². The lowest BCUT2D eigenvalue weighted by atomic mass is 9.84. The van der Waals surface area contributed by atoms with E-state index in [9.17, 15) is 14.7 Å². The van der Waals surface area contributed by atoms with Gasteiger partial charge in [0.25, 0.3) is 0 Å². The van der Waals surface area contributed by atoms with Crippen molar-refractivity contribution in [3.8, 4) is 0 Å². The fourth-order valence-corrected chi connectivity index (χ4v) is 2.98. The molecular weight excluding hydrogens is 336 g/mol. The van der Waals surface area contributed by atoms with Crippen LogP contribution in [0.4, 0.5) is 10.5 Å². The molecule has 2 unspecified atom stereocenters. The number of rotatable bonds is 3. The molecule has 0 heterocycles. The van der Waals surface area contributed by atoms with Gasteiger partial charge in [0, 0.05) is 16.2 Å². The number of carbonyl (C=O) groups excluding carboxylic acids is 1. The molecule has 1 aromatic rings. The van der Waals surface area contributed by atoms with Crippen LogP contribution < -0.4 is 10.6 Å². The molecular formula is C15H19BrN2O3. The first-order valence-electron chi connectivity index (χ1n) is 7.04. The van der Waals surface area contributed by atoms with Crippen molar-refractivity contribution in [3.05, 3.63) is 28.2 Å². The van der Waals surface area contributed by atoms with E-state index in [2.05, 4.69) is 26.6 Å². The molecule has 1 aliphatic carbocycles. The maximum Gasteiger partial charge on any atom is 0.319 e. The van der Waals surface area contributed by atoms with E-state index in [-0.39, 0.29) is 12.1 Å². The first-order valence-corrected chi connectivity index (χ1v) is 7.83. The molecule has 1 fully saturated rings. The second-order valence-corrected chi connectivity index (χ2v) is 6.25. The summed E-state index contributed by atoms with van der Waals surface area (Å²) in [5, 5.41) is 14.7. The number of hydrogen-bond donors (Lipinski definition) is 3. The minimum absolute atomic E-state index is 0.301. The Morgan fingerprint density at radius 1 is 1.29 bits per heavy atom. The van der Waals surface area contributed by atoms with Crippen molar-refractivity contribution in [1.82, 2.24) is 5.32 Å². The Hall–Kier alpha value is -1.56. The summed E-state index contributed by atoms with van der Waals surface area (Å²) >= 11 is 3.41. The lowest BCUT2D eigenvalue weighted by Crippen LogP contribution is -2.46. The Bertz CT molecular complexity index is 548. The number of carboxylic acids is 1. The van der Waals surface area contributed by atoms with E-state index in [0.29, 0.717) is 18.5 Å². The van der Waals surface area contributed by atoms with Crippen LogP contribution in [0.2, 0.25) is 0 Å². The Kier molecular flexibility index (Phi) is 5.22. The third-order valence-corrected chi connectivity index (χ3v) is 4.68. The van der Waals surface area contributed by atoms with Gasteiger partial charge in [-0.15, -0.1) is 0 Å². The van der Waals surface area contributed by atoms with E-state index < -0.39 is 11.9 Å². The number of aliphatic carboxylic acids is 1. The average Bonchev–Trinajstić information content (AvgIpc) is 2.43. The topological polar surface area (TPSA) is 78.4 Å². The van der Waals surface area contributed by atoms with Crippen molar-refractivity contribution < 1.29 is 14.7 Å². The monoisotopic (exact) mass is 354 g/mol. The SMILES string of the molecule is Cc1ccc(NC(=O)NC2CCCCC2C(=O)O)cc1Br. The first kappa shape index (κ1) is 15.8. The van der Waals surface area contributed by atoms with Crippen LogP contribution in [-0.2, 0) is 4.79 Å². The molecule has 0 aromatic heterocycles. The molecule has 1 saturated carbocycles. The maximum absolute atomic E-state index is 12.0. The summed E-state index contributed by atoms with van der Waals surface area (Å²) < 4.78 is 0.918. The highest BCUT2D eigenvalue weighted by Gasteiger charge is 2.31. The van der Waals surface area contributed by atoms with Crippen molar-refractivity contribution in [3.63, 3.8) is 0 Å².